The van der Waals surface area contributed by atoms with Gasteiger partial charge in [-0.3, -0.25) is 4.79 Å². The molecule has 0 aliphatic carbocycles. The first-order chi connectivity index (χ1) is 9.05. The van der Waals surface area contributed by atoms with Gasteiger partial charge in [0.2, 0.25) is 0 Å². The van der Waals surface area contributed by atoms with Gasteiger partial charge < -0.3 is 14.8 Å². The number of aryl methyl sites for hydroxylation is 1. The van der Waals surface area contributed by atoms with Gasteiger partial charge in [0.05, 0.1) is 0 Å². The average Bonchev–Trinajstić information content (AvgIpc) is 3.06. The van der Waals surface area contributed by atoms with Gasteiger partial charge in [-0.1, -0.05) is 0 Å². The first kappa shape index (κ1) is 12.7. The smallest absolute Gasteiger partial charge is 0.270 e. The molecule has 1 aromatic rings. The molecule has 1 aromatic heterocycles. The lowest BCUT2D eigenvalue weighted by molar-refractivity contribution is 0.0592. The van der Waals surface area contributed by atoms with Crippen molar-refractivity contribution in [3.05, 3.63) is 24.0 Å². The Morgan fingerprint density at radius 1 is 1.47 bits per heavy atom. The Bertz CT molecular complexity index is 491. The number of rotatable bonds is 2. The molecular weight excluding hydrogens is 238 g/mol. The number of hydrogen-bond donors (Lipinski definition) is 1. The minimum absolute atomic E-state index is 0.0475. The van der Waals surface area contributed by atoms with Crippen LogP contribution < -0.4 is 5.32 Å². The van der Waals surface area contributed by atoms with Gasteiger partial charge in [-0.05, 0) is 44.7 Å². The molecule has 4 nitrogen and oxygen atoms in total. The fraction of sp³-hybridized carbons (Fsp3) is 0.667. The molecule has 3 heterocycles. The second-order valence-corrected chi connectivity index (χ2v) is 6.27. The number of likely N-dealkylation sites (tertiary alicyclic amines) is 1. The molecule has 2 fully saturated rings. The zero-order valence-corrected chi connectivity index (χ0v) is 12.0. The predicted octanol–water partition coefficient (Wildman–Crippen LogP) is 1.58. The van der Waals surface area contributed by atoms with Gasteiger partial charge >= 0.3 is 0 Å². The number of carbonyl (C=O) groups is 1. The largest absolute Gasteiger partial charge is 0.344 e. The molecule has 104 valence electrons. The van der Waals surface area contributed by atoms with E-state index in [1.807, 2.05) is 22.9 Å². The number of amides is 1. The molecule has 19 heavy (non-hydrogen) atoms. The van der Waals surface area contributed by atoms with Crippen molar-refractivity contribution in [2.45, 2.75) is 32.9 Å². The first-order valence-electron chi connectivity index (χ1n) is 7.23. The number of nitrogens with zero attached hydrogens (tertiary/aromatic N) is 2. The number of hydrogen-bond acceptors (Lipinski definition) is 2. The van der Waals surface area contributed by atoms with Crippen LogP contribution in [0.25, 0.3) is 0 Å². The van der Waals surface area contributed by atoms with Crippen LogP contribution in [-0.2, 0) is 6.54 Å². The van der Waals surface area contributed by atoms with Gasteiger partial charge in [0.1, 0.15) is 5.69 Å². The van der Waals surface area contributed by atoms with E-state index in [1.54, 1.807) is 0 Å². The Morgan fingerprint density at radius 3 is 2.95 bits per heavy atom. The summed E-state index contributed by atoms with van der Waals surface area (Å²) < 4.78 is 2.03. The minimum Gasteiger partial charge on any atom is -0.344 e. The fourth-order valence-electron chi connectivity index (χ4n) is 3.79. The van der Waals surface area contributed by atoms with Crippen molar-refractivity contribution in [2.24, 2.45) is 11.8 Å². The van der Waals surface area contributed by atoms with Crippen molar-refractivity contribution in [2.75, 3.05) is 19.6 Å². The van der Waals surface area contributed by atoms with Crippen LogP contribution >= 0.6 is 0 Å². The van der Waals surface area contributed by atoms with Gasteiger partial charge in [-0.2, -0.15) is 0 Å². The van der Waals surface area contributed by atoms with Crippen LogP contribution in [0.1, 0.15) is 31.3 Å². The molecule has 1 N–H and O–H groups in total. The van der Waals surface area contributed by atoms with E-state index in [4.69, 9.17) is 0 Å². The highest BCUT2D eigenvalue weighted by Gasteiger charge is 2.51. The highest BCUT2D eigenvalue weighted by atomic mass is 16.2. The summed E-state index contributed by atoms with van der Waals surface area (Å²) in [7, 11) is 0. The van der Waals surface area contributed by atoms with E-state index in [0.29, 0.717) is 11.8 Å². The summed E-state index contributed by atoms with van der Waals surface area (Å²) >= 11 is 0. The second kappa shape index (κ2) is 4.37. The van der Waals surface area contributed by atoms with Crippen molar-refractivity contribution in [1.82, 2.24) is 14.8 Å². The first-order valence-corrected chi connectivity index (χ1v) is 7.23. The Balaban J connectivity index is 1.89. The highest BCUT2D eigenvalue weighted by molar-refractivity contribution is 5.93. The molecule has 2 unspecified atom stereocenters. The second-order valence-electron chi connectivity index (χ2n) is 6.27. The Labute approximate surface area is 114 Å². The summed E-state index contributed by atoms with van der Waals surface area (Å²) in [5.74, 6) is 1.39. The van der Waals surface area contributed by atoms with Crippen LogP contribution in [0.3, 0.4) is 0 Å². The molecule has 2 aliphatic heterocycles. The predicted molar refractivity (Wildman–Crippen MR) is 75.1 cm³/mol. The molecule has 3 rings (SSSR count). The van der Waals surface area contributed by atoms with E-state index in [9.17, 15) is 4.79 Å². The summed E-state index contributed by atoms with van der Waals surface area (Å²) in [5, 5.41) is 3.45. The topological polar surface area (TPSA) is 37.3 Å². The van der Waals surface area contributed by atoms with Crippen molar-refractivity contribution in [3.63, 3.8) is 0 Å². The standard InChI is InChI=1S/C15H23N3O/c1-4-17-7-5-6-13(17)14(19)18-10-11-8-16-9-12(11)15(18,2)3/h5-7,11-12,16H,4,8-10H2,1-3H3. The summed E-state index contributed by atoms with van der Waals surface area (Å²) in [4.78, 5) is 14.9. The van der Waals surface area contributed by atoms with Crippen LogP contribution in [0.4, 0.5) is 0 Å². The fourth-order valence-corrected chi connectivity index (χ4v) is 3.79. The molecule has 2 saturated heterocycles. The van der Waals surface area contributed by atoms with Gasteiger partial charge in [0, 0.05) is 37.9 Å². The molecule has 0 aromatic carbocycles. The summed E-state index contributed by atoms with van der Waals surface area (Å²) in [6.45, 7) is 10.3. The zero-order chi connectivity index (χ0) is 13.6. The zero-order valence-electron chi connectivity index (χ0n) is 12.0. The lowest BCUT2D eigenvalue weighted by atomic mass is 9.85. The van der Waals surface area contributed by atoms with Gasteiger partial charge in [0.25, 0.3) is 5.91 Å². The van der Waals surface area contributed by atoms with E-state index >= 15 is 0 Å². The maximum Gasteiger partial charge on any atom is 0.270 e. The van der Waals surface area contributed by atoms with Crippen LogP contribution in [0.15, 0.2) is 18.3 Å². The Morgan fingerprint density at radius 2 is 2.26 bits per heavy atom. The van der Waals surface area contributed by atoms with Crippen LogP contribution in [-0.4, -0.2) is 40.5 Å². The van der Waals surface area contributed by atoms with Crippen molar-refractivity contribution < 1.29 is 4.79 Å². The van der Waals surface area contributed by atoms with E-state index in [0.717, 1.165) is 31.9 Å². The van der Waals surface area contributed by atoms with Crippen LogP contribution in [0.2, 0.25) is 0 Å². The molecule has 0 saturated carbocycles. The third kappa shape index (κ3) is 1.81. The van der Waals surface area contributed by atoms with Crippen LogP contribution in [0, 0.1) is 11.8 Å². The molecule has 4 heteroatoms. The third-order valence-electron chi connectivity index (χ3n) is 4.99. The average molecular weight is 261 g/mol. The molecule has 1 amide bonds. The maximum atomic E-state index is 12.8. The summed E-state index contributed by atoms with van der Waals surface area (Å²) in [6.07, 6.45) is 1.98. The highest BCUT2D eigenvalue weighted by Crippen LogP contribution is 2.41. The number of aromatic nitrogens is 1. The normalized spacial score (nSPS) is 28.7. The summed E-state index contributed by atoms with van der Waals surface area (Å²) in [6, 6.07) is 3.90. The van der Waals surface area contributed by atoms with Crippen LogP contribution in [0.5, 0.6) is 0 Å². The Kier molecular flexibility index (Phi) is 2.93. The van der Waals surface area contributed by atoms with E-state index in [2.05, 4.69) is 31.0 Å². The summed E-state index contributed by atoms with van der Waals surface area (Å²) in [5.41, 5.74) is 0.775. The van der Waals surface area contributed by atoms with E-state index in [-0.39, 0.29) is 11.4 Å². The quantitative estimate of drug-likeness (QED) is 0.877. The van der Waals surface area contributed by atoms with Gasteiger partial charge in [0.15, 0.2) is 0 Å². The SMILES string of the molecule is CCn1cccc1C(=O)N1CC2CNCC2C1(C)C. The number of nitrogens with one attached hydrogen (secondary N) is 1. The van der Waals surface area contributed by atoms with Crippen molar-refractivity contribution in [1.29, 1.82) is 0 Å². The van der Waals surface area contributed by atoms with Gasteiger partial charge in [-0.15, -0.1) is 0 Å². The third-order valence-corrected chi connectivity index (χ3v) is 4.99. The lowest BCUT2D eigenvalue weighted by Crippen LogP contribution is -2.48. The number of fused-ring (bicyclic) bond motifs is 1. The van der Waals surface area contributed by atoms with E-state index in [1.165, 1.54) is 0 Å². The minimum atomic E-state index is -0.0475. The van der Waals surface area contributed by atoms with Crippen molar-refractivity contribution >= 4 is 5.91 Å². The van der Waals surface area contributed by atoms with Crippen molar-refractivity contribution in [3.8, 4) is 0 Å². The monoisotopic (exact) mass is 261 g/mol. The van der Waals surface area contributed by atoms with Gasteiger partial charge in [-0.25, -0.2) is 0 Å². The molecule has 0 spiro atoms. The molecular formula is C15H23N3O. The van der Waals surface area contributed by atoms with E-state index < -0.39 is 0 Å². The molecule has 2 aliphatic rings. The molecule has 0 radical (unpaired) electrons. The molecule has 2 atom stereocenters. The number of carbonyl (C=O) groups excluding carboxylic acids is 1. The maximum absolute atomic E-state index is 12.8. The molecule has 0 bridgehead atoms. The lowest BCUT2D eigenvalue weighted by Gasteiger charge is -2.35. The Hall–Kier alpha value is -1.29.